The van der Waals surface area contributed by atoms with Gasteiger partial charge in [0, 0.05) is 11.9 Å². The summed E-state index contributed by atoms with van der Waals surface area (Å²) in [5.74, 6) is 0. The van der Waals surface area contributed by atoms with Crippen LogP contribution >= 0.6 is 31.9 Å². The SMILES string of the molecule is Brc1ccn(-c2ccccc2)c1Br. The summed E-state index contributed by atoms with van der Waals surface area (Å²) in [5.41, 5.74) is 1.15. The van der Waals surface area contributed by atoms with E-state index >= 15 is 0 Å². The Hall–Kier alpha value is -0.540. The molecular formula is C10H7Br2N. The first-order valence-corrected chi connectivity index (χ1v) is 5.45. The molecule has 2 rings (SSSR count). The summed E-state index contributed by atoms with van der Waals surface area (Å²) in [6.45, 7) is 0. The Labute approximate surface area is 93.6 Å². The third-order valence-corrected chi connectivity index (χ3v) is 3.79. The number of nitrogens with zero attached hydrogens (tertiary/aromatic N) is 1. The highest BCUT2D eigenvalue weighted by Crippen LogP contribution is 2.26. The number of rotatable bonds is 1. The Morgan fingerprint density at radius 3 is 2.15 bits per heavy atom. The van der Waals surface area contributed by atoms with Crippen LogP contribution in [0.15, 0.2) is 51.7 Å². The zero-order valence-electron chi connectivity index (χ0n) is 6.74. The maximum atomic E-state index is 3.50. The van der Waals surface area contributed by atoms with Gasteiger partial charge in [0.15, 0.2) is 0 Å². The zero-order valence-corrected chi connectivity index (χ0v) is 9.92. The van der Waals surface area contributed by atoms with Crippen LogP contribution in [0.25, 0.3) is 5.69 Å². The number of para-hydroxylation sites is 1. The summed E-state index contributed by atoms with van der Waals surface area (Å²) < 4.78 is 4.18. The Morgan fingerprint density at radius 1 is 0.923 bits per heavy atom. The van der Waals surface area contributed by atoms with Crippen molar-refractivity contribution in [3.63, 3.8) is 0 Å². The van der Waals surface area contributed by atoms with Crippen LogP contribution in [0.3, 0.4) is 0 Å². The molecule has 0 atom stereocenters. The van der Waals surface area contributed by atoms with Gasteiger partial charge in [0.05, 0.1) is 4.47 Å². The fraction of sp³-hybridized carbons (Fsp3) is 0. The van der Waals surface area contributed by atoms with Crippen LogP contribution < -0.4 is 0 Å². The Kier molecular flexibility index (Phi) is 2.56. The summed E-state index contributed by atoms with van der Waals surface area (Å²) >= 11 is 6.95. The van der Waals surface area contributed by atoms with Crippen molar-refractivity contribution in [2.75, 3.05) is 0 Å². The lowest BCUT2D eigenvalue weighted by molar-refractivity contribution is 1.04. The van der Waals surface area contributed by atoms with Crippen molar-refractivity contribution in [1.82, 2.24) is 4.57 Å². The molecule has 0 aliphatic heterocycles. The third-order valence-electron chi connectivity index (χ3n) is 1.81. The van der Waals surface area contributed by atoms with Crippen LogP contribution in [0.4, 0.5) is 0 Å². The average molecular weight is 301 g/mol. The van der Waals surface area contributed by atoms with Gasteiger partial charge in [0.2, 0.25) is 0 Å². The van der Waals surface area contributed by atoms with Crippen LogP contribution in [0, 0.1) is 0 Å². The van der Waals surface area contributed by atoms with Crippen LogP contribution in [0.5, 0.6) is 0 Å². The van der Waals surface area contributed by atoms with E-state index in [2.05, 4.69) is 48.6 Å². The highest BCUT2D eigenvalue weighted by Gasteiger charge is 2.03. The van der Waals surface area contributed by atoms with Crippen LogP contribution in [0.1, 0.15) is 0 Å². The second-order valence-electron chi connectivity index (χ2n) is 2.66. The Balaban J connectivity index is 2.53. The minimum Gasteiger partial charge on any atom is -0.310 e. The first-order valence-electron chi connectivity index (χ1n) is 3.87. The van der Waals surface area contributed by atoms with E-state index in [1.807, 2.05) is 30.5 Å². The molecular weight excluding hydrogens is 294 g/mol. The van der Waals surface area contributed by atoms with E-state index in [4.69, 9.17) is 0 Å². The molecule has 1 aromatic carbocycles. The van der Waals surface area contributed by atoms with E-state index in [0.29, 0.717) is 0 Å². The van der Waals surface area contributed by atoms with Crippen molar-refractivity contribution < 1.29 is 0 Å². The zero-order chi connectivity index (χ0) is 9.26. The van der Waals surface area contributed by atoms with Gasteiger partial charge in [-0.15, -0.1) is 0 Å². The van der Waals surface area contributed by atoms with E-state index in [9.17, 15) is 0 Å². The maximum Gasteiger partial charge on any atom is 0.104 e. The topological polar surface area (TPSA) is 4.93 Å². The molecule has 66 valence electrons. The molecule has 1 aromatic heterocycles. The predicted octanol–water partition coefficient (Wildman–Crippen LogP) is 4.00. The molecule has 2 aromatic rings. The van der Waals surface area contributed by atoms with Gasteiger partial charge in [0.25, 0.3) is 0 Å². The van der Waals surface area contributed by atoms with Crippen LogP contribution in [0.2, 0.25) is 0 Å². The summed E-state index contributed by atoms with van der Waals surface area (Å²) in [6.07, 6.45) is 2.02. The van der Waals surface area contributed by atoms with Crippen LogP contribution in [-0.2, 0) is 0 Å². The smallest absolute Gasteiger partial charge is 0.104 e. The van der Waals surface area contributed by atoms with E-state index in [0.717, 1.165) is 14.8 Å². The fourth-order valence-electron chi connectivity index (χ4n) is 1.18. The molecule has 0 fully saturated rings. The highest BCUT2D eigenvalue weighted by molar-refractivity contribution is 9.13. The van der Waals surface area contributed by atoms with Gasteiger partial charge in [-0.05, 0) is 50.1 Å². The van der Waals surface area contributed by atoms with Crippen molar-refractivity contribution in [2.45, 2.75) is 0 Å². The lowest BCUT2D eigenvalue weighted by Crippen LogP contribution is -1.90. The molecule has 1 heterocycles. The van der Waals surface area contributed by atoms with Crippen molar-refractivity contribution in [1.29, 1.82) is 0 Å². The normalized spacial score (nSPS) is 10.3. The molecule has 3 heteroatoms. The second kappa shape index (κ2) is 3.68. The van der Waals surface area contributed by atoms with Gasteiger partial charge in [-0.3, -0.25) is 0 Å². The molecule has 0 bridgehead atoms. The van der Waals surface area contributed by atoms with Crippen molar-refractivity contribution in [3.8, 4) is 5.69 Å². The van der Waals surface area contributed by atoms with Gasteiger partial charge in [-0.25, -0.2) is 0 Å². The molecule has 0 spiro atoms. The molecule has 0 saturated heterocycles. The second-order valence-corrected chi connectivity index (χ2v) is 4.27. The molecule has 13 heavy (non-hydrogen) atoms. The van der Waals surface area contributed by atoms with E-state index in [1.165, 1.54) is 0 Å². The lowest BCUT2D eigenvalue weighted by atomic mass is 10.3. The number of aromatic nitrogens is 1. The van der Waals surface area contributed by atoms with Gasteiger partial charge in [0.1, 0.15) is 4.60 Å². The fourth-order valence-corrected chi connectivity index (χ4v) is 1.94. The minimum atomic E-state index is 1.04. The summed E-state index contributed by atoms with van der Waals surface area (Å²) in [5, 5.41) is 0. The van der Waals surface area contributed by atoms with Crippen molar-refractivity contribution in [3.05, 3.63) is 51.7 Å². The van der Waals surface area contributed by atoms with Gasteiger partial charge < -0.3 is 4.57 Å². The van der Waals surface area contributed by atoms with Crippen LogP contribution in [-0.4, -0.2) is 4.57 Å². The quantitative estimate of drug-likeness (QED) is 0.750. The lowest BCUT2D eigenvalue weighted by Gasteiger charge is -2.03. The summed E-state index contributed by atoms with van der Waals surface area (Å²) in [4.78, 5) is 0. The molecule has 0 amide bonds. The van der Waals surface area contributed by atoms with E-state index in [1.54, 1.807) is 0 Å². The molecule has 1 nitrogen and oxygen atoms in total. The van der Waals surface area contributed by atoms with E-state index in [-0.39, 0.29) is 0 Å². The summed E-state index contributed by atoms with van der Waals surface area (Å²) in [7, 11) is 0. The monoisotopic (exact) mass is 299 g/mol. The predicted molar refractivity (Wildman–Crippen MR) is 61.2 cm³/mol. The molecule has 0 unspecified atom stereocenters. The van der Waals surface area contributed by atoms with Gasteiger partial charge in [-0.2, -0.15) is 0 Å². The number of hydrogen-bond donors (Lipinski definition) is 0. The molecule has 0 aliphatic rings. The highest BCUT2D eigenvalue weighted by atomic mass is 79.9. The standard InChI is InChI=1S/C10H7Br2N/c11-9-6-7-13(10(9)12)8-4-2-1-3-5-8/h1-7H. The first kappa shape index (κ1) is 9.03. The van der Waals surface area contributed by atoms with E-state index < -0.39 is 0 Å². The first-order chi connectivity index (χ1) is 6.29. The molecule has 0 saturated carbocycles. The van der Waals surface area contributed by atoms with Crippen molar-refractivity contribution >= 4 is 31.9 Å². The molecule has 0 radical (unpaired) electrons. The molecule has 0 aliphatic carbocycles. The molecule has 0 N–H and O–H groups in total. The van der Waals surface area contributed by atoms with Gasteiger partial charge >= 0.3 is 0 Å². The number of halogens is 2. The Morgan fingerprint density at radius 2 is 1.62 bits per heavy atom. The Bertz CT molecular complexity index is 406. The van der Waals surface area contributed by atoms with Crippen molar-refractivity contribution in [2.24, 2.45) is 0 Å². The average Bonchev–Trinajstić information content (AvgIpc) is 2.49. The maximum absolute atomic E-state index is 3.50. The third kappa shape index (κ3) is 1.71. The summed E-state index contributed by atoms with van der Waals surface area (Å²) in [6, 6.07) is 12.2. The minimum absolute atomic E-state index is 1.04. The van der Waals surface area contributed by atoms with Gasteiger partial charge in [-0.1, -0.05) is 18.2 Å². The largest absolute Gasteiger partial charge is 0.310 e. The number of benzene rings is 1. The number of hydrogen-bond acceptors (Lipinski definition) is 0.